The Hall–Kier alpha value is -3.19. The van der Waals surface area contributed by atoms with E-state index in [9.17, 15) is 14.9 Å². The first-order valence-electron chi connectivity index (χ1n) is 7.77. The number of aromatic nitrogens is 2. The Balaban J connectivity index is 1.84. The molecule has 7 nitrogen and oxygen atoms in total. The molecule has 0 saturated carbocycles. The van der Waals surface area contributed by atoms with Crippen molar-refractivity contribution in [1.29, 1.82) is 0 Å². The number of nitrogens with one attached hydrogen (secondary N) is 1. The summed E-state index contributed by atoms with van der Waals surface area (Å²) in [5.74, 6) is -0.112. The normalized spacial score (nSPS) is 10.5. The molecule has 0 aliphatic carbocycles. The number of hydrogen-bond donors (Lipinski definition) is 1. The van der Waals surface area contributed by atoms with Crippen molar-refractivity contribution in [1.82, 2.24) is 9.78 Å². The van der Waals surface area contributed by atoms with Crippen LogP contribution in [0.4, 0.5) is 11.5 Å². The summed E-state index contributed by atoms with van der Waals surface area (Å²) in [6.45, 7) is 2.02. The maximum absolute atomic E-state index is 12.6. The number of para-hydroxylation sites is 1. The molecule has 0 saturated heterocycles. The third-order valence-electron chi connectivity index (χ3n) is 3.87. The minimum Gasteiger partial charge on any atom is -0.307 e. The molecular formula is C18H15ClN4O3. The number of nitrogens with zero attached hydrogens (tertiary/aromatic N) is 3. The van der Waals surface area contributed by atoms with E-state index < -0.39 is 10.8 Å². The number of halogens is 1. The van der Waals surface area contributed by atoms with Crippen LogP contribution in [0.5, 0.6) is 0 Å². The molecule has 1 heterocycles. The predicted molar refractivity (Wildman–Crippen MR) is 98.6 cm³/mol. The second-order valence-electron chi connectivity index (χ2n) is 5.68. The van der Waals surface area contributed by atoms with Gasteiger partial charge in [0.15, 0.2) is 0 Å². The monoisotopic (exact) mass is 370 g/mol. The molecule has 0 spiro atoms. The van der Waals surface area contributed by atoms with Gasteiger partial charge in [-0.15, -0.1) is 0 Å². The van der Waals surface area contributed by atoms with Crippen LogP contribution in [0.1, 0.15) is 21.5 Å². The molecule has 0 fully saturated rings. The molecule has 1 amide bonds. The van der Waals surface area contributed by atoms with E-state index in [1.54, 1.807) is 48.1 Å². The summed E-state index contributed by atoms with van der Waals surface area (Å²) >= 11 is 5.88. The first kappa shape index (κ1) is 17.6. The highest BCUT2D eigenvalue weighted by molar-refractivity contribution is 6.30. The van der Waals surface area contributed by atoms with Crippen molar-refractivity contribution < 1.29 is 9.72 Å². The zero-order valence-corrected chi connectivity index (χ0v) is 14.6. The summed E-state index contributed by atoms with van der Waals surface area (Å²) in [6.07, 6.45) is 1.55. The Morgan fingerprint density at radius 1 is 1.23 bits per heavy atom. The Kier molecular flexibility index (Phi) is 4.99. The molecule has 0 radical (unpaired) electrons. The van der Waals surface area contributed by atoms with Crippen molar-refractivity contribution in [3.8, 4) is 0 Å². The number of aryl methyl sites for hydroxylation is 1. The largest absolute Gasteiger partial charge is 0.307 e. The fourth-order valence-electron chi connectivity index (χ4n) is 2.60. The van der Waals surface area contributed by atoms with E-state index in [1.165, 1.54) is 6.07 Å². The van der Waals surface area contributed by atoms with Gasteiger partial charge in [0.05, 0.1) is 17.7 Å². The molecule has 2 aromatic carbocycles. The number of amides is 1. The number of rotatable bonds is 5. The summed E-state index contributed by atoms with van der Waals surface area (Å²) in [4.78, 5) is 23.3. The van der Waals surface area contributed by atoms with Crippen molar-refractivity contribution >= 4 is 29.0 Å². The average Bonchev–Trinajstić information content (AvgIpc) is 3.03. The van der Waals surface area contributed by atoms with Gasteiger partial charge in [-0.1, -0.05) is 35.9 Å². The lowest BCUT2D eigenvalue weighted by Crippen LogP contribution is -2.17. The van der Waals surface area contributed by atoms with Gasteiger partial charge < -0.3 is 5.32 Å². The molecule has 8 heteroatoms. The Bertz CT molecular complexity index is 967. The molecule has 0 atom stereocenters. The molecule has 0 aliphatic heterocycles. The number of nitro benzene ring substituents is 1. The second kappa shape index (κ2) is 7.37. The minimum atomic E-state index is -0.557. The van der Waals surface area contributed by atoms with Crippen LogP contribution in [0.15, 0.2) is 54.7 Å². The zero-order valence-electron chi connectivity index (χ0n) is 13.8. The van der Waals surface area contributed by atoms with Crippen LogP contribution in [0.2, 0.25) is 5.02 Å². The summed E-state index contributed by atoms with van der Waals surface area (Å²) in [5.41, 5.74) is 1.19. The van der Waals surface area contributed by atoms with Crippen molar-refractivity contribution in [2.24, 2.45) is 0 Å². The zero-order chi connectivity index (χ0) is 18.7. The highest BCUT2D eigenvalue weighted by atomic mass is 35.5. The van der Waals surface area contributed by atoms with Gasteiger partial charge >= 0.3 is 0 Å². The molecular weight excluding hydrogens is 356 g/mol. The third kappa shape index (κ3) is 3.73. The van der Waals surface area contributed by atoms with E-state index in [1.807, 2.05) is 12.1 Å². The number of carbonyl (C=O) groups is 1. The van der Waals surface area contributed by atoms with Crippen molar-refractivity contribution in [2.75, 3.05) is 5.32 Å². The second-order valence-corrected chi connectivity index (χ2v) is 6.12. The SMILES string of the molecule is Cc1cccc(C(=O)Nc2ccnn2Cc2ccc(Cl)cc2)c1[N+](=O)[O-]. The quantitative estimate of drug-likeness (QED) is 0.541. The van der Waals surface area contributed by atoms with Gasteiger partial charge in [-0.05, 0) is 30.7 Å². The molecule has 3 aromatic rings. The van der Waals surface area contributed by atoms with Crippen LogP contribution >= 0.6 is 11.6 Å². The molecule has 26 heavy (non-hydrogen) atoms. The van der Waals surface area contributed by atoms with E-state index in [-0.39, 0.29) is 11.3 Å². The number of hydrogen-bond acceptors (Lipinski definition) is 4. The molecule has 1 aromatic heterocycles. The smallest absolute Gasteiger partial charge is 0.285 e. The molecule has 1 N–H and O–H groups in total. The highest BCUT2D eigenvalue weighted by Gasteiger charge is 2.23. The maximum Gasteiger partial charge on any atom is 0.285 e. The van der Waals surface area contributed by atoms with Gasteiger partial charge in [-0.2, -0.15) is 5.10 Å². The van der Waals surface area contributed by atoms with Crippen molar-refractivity contribution in [3.63, 3.8) is 0 Å². The number of nitro groups is 1. The highest BCUT2D eigenvalue weighted by Crippen LogP contribution is 2.24. The van der Waals surface area contributed by atoms with Crippen LogP contribution < -0.4 is 5.32 Å². The van der Waals surface area contributed by atoms with Crippen LogP contribution in [0.3, 0.4) is 0 Å². The average molecular weight is 371 g/mol. The Morgan fingerprint density at radius 2 is 1.96 bits per heavy atom. The van der Waals surface area contributed by atoms with E-state index in [0.29, 0.717) is 22.9 Å². The summed E-state index contributed by atoms with van der Waals surface area (Å²) in [6, 6.07) is 13.5. The maximum atomic E-state index is 12.6. The van der Waals surface area contributed by atoms with Gasteiger partial charge in [-0.3, -0.25) is 14.9 Å². The minimum absolute atomic E-state index is 0.00856. The molecule has 0 aliphatic rings. The summed E-state index contributed by atoms with van der Waals surface area (Å²) < 4.78 is 1.60. The number of benzene rings is 2. The van der Waals surface area contributed by atoms with Gasteiger partial charge in [0.25, 0.3) is 11.6 Å². The predicted octanol–water partition coefficient (Wildman–Crippen LogP) is 4.05. The number of anilines is 1. The van der Waals surface area contributed by atoms with E-state index >= 15 is 0 Å². The fraction of sp³-hybridized carbons (Fsp3) is 0.111. The van der Waals surface area contributed by atoms with E-state index in [4.69, 9.17) is 11.6 Å². The lowest BCUT2D eigenvalue weighted by atomic mass is 10.1. The first-order chi connectivity index (χ1) is 12.5. The lowest BCUT2D eigenvalue weighted by Gasteiger charge is -2.10. The third-order valence-corrected chi connectivity index (χ3v) is 4.12. The van der Waals surface area contributed by atoms with E-state index in [0.717, 1.165) is 5.56 Å². The molecule has 0 bridgehead atoms. The molecule has 0 unspecified atom stereocenters. The van der Waals surface area contributed by atoms with E-state index in [2.05, 4.69) is 10.4 Å². The lowest BCUT2D eigenvalue weighted by molar-refractivity contribution is -0.385. The van der Waals surface area contributed by atoms with Crippen molar-refractivity contribution in [3.05, 3.63) is 86.6 Å². The van der Waals surface area contributed by atoms with Gasteiger partial charge in [-0.25, -0.2) is 4.68 Å². The fourth-order valence-corrected chi connectivity index (χ4v) is 2.72. The van der Waals surface area contributed by atoms with Crippen LogP contribution in [-0.4, -0.2) is 20.6 Å². The van der Waals surface area contributed by atoms with Gasteiger partial charge in [0.1, 0.15) is 11.4 Å². The van der Waals surface area contributed by atoms with Crippen LogP contribution in [0.25, 0.3) is 0 Å². The van der Waals surface area contributed by atoms with Gasteiger partial charge in [0, 0.05) is 16.7 Å². The Morgan fingerprint density at radius 3 is 2.65 bits per heavy atom. The molecule has 132 valence electrons. The van der Waals surface area contributed by atoms with Crippen LogP contribution in [-0.2, 0) is 6.54 Å². The first-order valence-corrected chi connectivity index (χ1v) is 8.15. The number of carbonyl (C=O) groups excluding carboxylic acids is 1. The van der Waals surface area contributed by atoms with Crippen molar-refractivity contribution in [2.45, 2.75) is 13.5 Å². The molecule has 3 rings (SSSR count). The standard InChI is InChI=1S/C18H15ClN4O3/c1-12-3-2-4-15(17(12)23(25)26)18(24)21-16-9-10-20-22(16)11-13-5-7-14(19)8-6-13/h2-10H,11H2,1H3,(H,21,24). The van der Waals surface area contributed by atoms with Crippen LogP contribution in [0, 0.1) is 17.0 Å². The summed E-state index contributed by atoms with van der Waals surface area (Å²) in [5, 5.41) is 18.8. The summed E-state index contributed by atoms with van der Waals surface area (Å²) in [7, 11) is 0. The van der Waals surface area contributed by atoms with Gasteiger partial charge in [0.2, 0.25) is 0 Å². The topological polar surface area (TPSA) is 90.1 Å². The Labute approximate surface area is 154 Å².